The molecule has 52 valence electrons. The van der Waals surface area contributed by atoms with E-state index < -0.39 is 26.9 Å². The number of hydrogen-bond acceptors (Lipinski definition) is 3. The summed E-state index contributed by atoms with van der Waals surface area (Å²) in [5.74, 6) is 0. The van der Waals surface area contributed by atoms with E-state index in [-0.39, 0.29) is 40.6 Å². The molecular weight excluding hydrogens is 215 g/mol. The molecular formula is H5CaO6PTi. The van der Waals surface area contributed by atoms with Crippen molar-refractivity contribution in [3.63, 3.8) is 0 Å². The molecule has 0 aromatic heterocycles. The molecule has 0 radical (unpaired) electrons. The van der Waals surface area contributed by atoms with Gasteiger partial charge in [-0.05, 0) is 0 Å². The van der Waals surface area contributed by atoms with Gasteiger partial charge in [-0.15, -0.1) is 0 Å². The molecule has 0 heterocycles. The third kappa shape index (κ3) is 202. The maximum atomic E-state index is 8.88. The van der Waals surface area contributed by atoms with Gasteiger partial charge in [0.05, 0.1) is 0 Å². The average Bonchev–Trinajstić information content (AvgIpc) is 1.27. The molecule has 9 heavy (non-hydrogen) atoms. The van der Waals surface area contributed by atoms with Crippen molar-refractivity contribution in [2.24, 2.45) is 0 Å². The van der Waals surface area contributed by atoms with Gasteiger partial charge < -0.3 is 17.5 Å². The van der Waals surface area contributed by atoms with Crippen LogP contribution in [0.15, 0.2) is 0 Å². The van der Waals surface area contributed by atoms with Gasteiger partial charge in [0.25, 0.3) is 0 Å². The monoisotopic (exact) mass is 220 g/mol. The first kappa shape index (κ1) is 17.0. The zero-order valence-electron chi connectivity index (χ0n) is 6.22. The Labute approximate surface area is 92.4 Å². The molecule has 6 nitrogen and oxygen atoms in total. The molecule has 3 N–H and O–H groups in total. The summed E-state index contributed by atoms with van der Waals surface area (Å²) in [6, 6.07) is 0. The van der Waals surface area contributed by atoms with E-state index in [1.165, 1.54) is 0 Å². The minimum absolute atomic E-state index is 0. The Kier molecular flexibility index (Phi) is 18.3. The Morgan fingerprint density at radius 3 is 1.22 bits per heavy atom. The summed E-state index contributed by atoms with van der Waals surface area (Å²) in [7, 11) is -4.64. The van der Waals surface area contributed by atoms with E-state index in [1.807, 2.05) is 0 Å². The van der Waals surface area contributed by atoms with E-state index in [0.717, 1.165) is 0 Å². The molecule has 0 unspecified atom stereocenters. The van der Waals surface area contributed by atoms with Crippen LogP contribution in [0.5, 0.6) is 0 Å². The van der Waals surface area contributed by atoms with E-state index >= 15 is 0 Å². The Hall–Kier alpha value is 1.68. The predicted octanol–water partition coefficient (Wildman–Crippen LogP) is -1.32. The van der Waals surface area contributed by atoms with Crippen LogP contribution >= 0.6 is 7.82 Å². The van der Waals surface area contributed by atoms with Crippen LogP contribution < -0.4 is 0 Å². The van der Waals surface area contributed by atoms with Crippen molar-refractivity contribution in [1.82, 2.24) is 0 Å². The van der Waals surface area contributed by atoms with Crippen LogP contribution in [0.3, 0.4) is 0 Å². The van der Waals surface area contributed by atoms with Crippen LogP contribution in [0.2, 0.25) is 0 Å². The standard InChI is InChI=1S/Ca.H3O4P.2O.Ti.2H/c;1-5(2,3)4;;;;;/h;(H3,1,2,3,4);;;;;/q+2;;;;;2*-1. The first-order valence-electron chi connectivity index (χ1n) is 1.19. The van der Waals surface area contributed by atoms with E-state index in [0.29, 0.717) is 0 Å². The molecule has 0 saturated carbocycles. The zero-order valence-corrected chi connectivity index (χ0v) is 8.89. The van der Waals surface area contributed by atoms with E-state index in [2.05, 4.69) is 0 Å². The fourth-order valence-electron chi connectivity index (χ4n) is 0. The molecule has 9 heteroatoms. The molecule has 0 saturated heterocycles. The molecule has 0 atom stereocenters. The van der Waals surface area contributed by atoms with Crippen LogP contribution in [-0.2, 0) is 30.3 Å². The number of phosphoric acid groups is 1. The van der Waals surface area contributed by atoms with Crippen LogP contribution in [0, 0.1) is 0 Å². The van der Waals surface area contributed by atoms with Gasteiger partial charge in [0, 0.05) is 0 Å². The first-order chi connectivity index (χ1) is 3.41. The molecule has 0 rings (SSSR count). The third-order valence-corrected chi connectivity index (χ3v) is 0. The third-order valence-electron chi connectivity index (χ3n) is 0. The minimum atomic E-state index is -4.64. The van der Waals surface area contributed by atoms with E-state index in [1.54, 1.807) is 0 Å². The van der Waals surface area contributed by atoms with Crippen molar-refractivity contribution in [2.75, 3.05) is 0 Å². The van der Waals surface area contributed by atoms with Crippen molar-refractivity contribution < 1.29 is 47.8 Å². The topological polar surface area (TPSA) is 112 Å². The maximum absolute atomic E-state index is 8.88. The van der Waals surface area contributed by atoms with Crippen LogP contribution in [0.25, 0.3) is 0 Å². The normalized spacial score (nSPS) is 7.44. The van der Waals surface area contributed by atoms with Crippen LogP contribution in [0.4, 0.5) is 0 Å². The summed E-state index contributed by atoms with van der Waals surface area (Å²) < 4.78 is 25.9. The Bertz CT molecular complexity index is 118. The summed E-state index contributed by atoms with van der Waals surface area (Å²) in [4.78, 5) is 21.6. The molecule has 0 bridgehead atoms. The van der Waals surface area contributed by atoms with Gasteiger partial charge in [0.2, 0.25) is 0 Å². The summed E-state index contributed by atoms with van der Waals surface area (Å²) in [5.41, 5.74) is 0. The first-order valence-corrected chi connectivity index (χ1v) is 4.03. The van der Waals surface area contributed by atoms with Crippen molar-refractivity contribution >= 4 is 45.6 Å². The van der Waals surface area contributed by atoms with Crippen LogP contribution in [0.1, 0.15) is 2.85 Å². The van der Waals surface area contributed by atoms with Gasteiger partial charge in [0.1, 0.15) is 0 Å². The molecule has 0 aliphatic rings. The fraction of sp³-hybridized carbons (Fsp3) is 0. The van der Waals surface area contributed by atoms with Gasteiger partial charge in [-0.2, -0.15) is 0 Å². The summed E-state index contributed by atoms with van der Waals surface area (Å²) in [6.07, 6.45) is 0. The zero-order chi connectivity index (χ0) is 7.21. The number of rotatable bonds is 0. The fourth-order valence-corrected chi connectivity index (χ4v) is 0. The molecule has 0 aromatic rings. The second kappa shape index (κ2) is 9.68. The summed E-state index contributed by atoms with van der Waals surface area (Å²) in [5, 5.41) is 0. The quantitative estimate of drug-likeness (QED) is 0.344. The molecule has 0 aliphatic heterocycles. The van der Waals surface area contributed by atoms with Crippen molar-refractivity contribution in [2.45, 2.75) is 0 Å². The van der Waals surface area contributed by atoms with Crippen molar-refractivity contribution in [3.05, 3.63) is 0 Å². The van der Waals surface area contributed by atoms with Crippen LogP contribution in [-0.4, -0.2) is 52.4 Å². The van der Waals surface area contributed by atoms with Gasteiger partial charge >= 0.3 is 71.3 Å². The average molecular weight is 220 g/mol. The van der Waals surface area contributed by atoms with E-state index in [9.17, 15) is 0 Å². The second-order valence-corrected chi connectivity index (χ2v) is 1.88. The van der Waals surface area contributed by atoms with Gasteiger partial charge in [-0.1, -0.05) is 0 Å². The molecule has 0 aromatic carbocycles. The predicted molar refractivity (Wildman–Crippen MR) is 23.6 cm³/mol. The number of hydrogen-bond donors (Lipinski definition) is 3. The molecule has 0 fully saturated rings. The molecule has 0 amide bonds. The van der Waals surface area contributed by atoms with Crippen molar-refractivity contribution in [3.8, 4) is 0 Å². The Morgan fingerprint density at radius 1 is 1.22 bits per heavy atom. The van der Waals surface area contributed by atoms with Crippen molar-refractivity contribution in [1.29, 1.82) is 0 Å². The Balaban J connectivity index is -0.0000000183. The van der Waals surface area contributed by atoms with Gasteiger partial charge in [0.15, 0.2) is 0 Å². The summed E-state index contributed by atoms with van der Waals surface area (Å²) >= 11 is -2.00. The molecule has 0 aliphatic carbocycles. The Morgan fingerprint density at radius 2 is 1.22 bits per heavy atom. The molecule has 0 spiro atoms. The second-order valence-electron chi connectivity index (χ2n) is 0.597. The SMILES string of the molecule is O=P(O)(O)O.[Ca+2].[H-].[H-].[O]=[Ti]=[O]. The van der Waals surface area contributed by atoms with Gasteiger partial charge in [-0.25, -0.2) is 4.57 Å². The van der Waals surface area contributed by atoms with Gasteiger partial charge in [-0.3, -0.25) is 0 Å². The summed E-state index contributed by atoms with van der Waals surface area (Å²) in [6.45, 7) is 0. The van der Waals surface area contributed by atoms with E-state index in [4.69, 9.17) is 25.9 Å².